The van der Waals surface area contributed by atoms with Gasteiger partial charge in [0.25, 0.3) is 0 Å². The molecule has 4 nitrogen and oxygen atoms in total. The SMILES string of the molecule is COC(=O)N(CC(C)C)CC1CCCN1. The Hall–Kier alpha value is -0.770. The number of hydrogen-bond donors (Lipinski definition) is 1. The molecule has 88 valence electrons. The molecule has 0 bridgehead atoms. The van der Waals surface area contributed by atoms with E-state index in [0.717, 1.165) is 26.1 Å². The van der Waals surface area contributed by atoms with Crippen molar-refractivity contribution in [1.29, 1.82) is 0 Å². The van der Waals surface area contributed by atoms with E-state index in [0.29, 0.717) is 12.0 Å². The molecule has 1 aliphatic rings. The van der Waals surface area contributed by atoms with Crippen molar-refractivity contribution in [3.05, 3.63) is 0 Å². The zero-order chi connectivity index (χ0) is 11.3. The summed E-state index contributed by atoms with van der Waals surface area (Å²) < 4.78 is 4.78. The lowest BCUT2D eigenvalue weighted by Crippen LogP contribution is -2.42. The molecular weight excluding hydrogens is 192 g/mol. The Morgan fingerprint density at radius 1 is 1.60 bits per heavy atom. The van der Waals surface area contributed by atoms with Gasteiger partial charge in [-0.25, -0.2) is 4.79 Å². The molecule has 1 saturated heterocycles. The van der Waals surface area contributed by atoms with Crippen LogP contribution in [-0.2, 0) is 4.74 Å². The minimum atomic E-state index is -0.211. The number of methoxy groups -OCH3 is 1. The average Bonchev–Trinajstić information content (AvgIpc) is 2.67. The van der Waals surface area contributed by atoms with Crippen LogP contribution in [0.15, 0.2) is 0 Å². The monoisotopic (exact) mass is 214 g/mol. The first kappa shape index (κ1) is 12.3. The molecule has 0 aliphatic carbocycles. The molecule has 1 rings (SSSR count). The van der Waals surface area contributed by atoms with Crippen molar-refractivity contribution < 1.29 is 9.53 Å². The number of carbonyl (C=O) groups excluding carboxylic acids is 1. The van der Waals surface area contributed by atoms with Gasteiger partial charge in [0.1, 0.15) is 0 Å². The van der Waals surface area contributed by atoms with Gasteiger partial charge in [0, 0.05) is 19.1 Å². The van der Waals surface area contributed by atoms with Gasteiger partial charge in [0.05, 0.1) is 7.11 Å². The van der Waals surface area contributed by atoms with Gasteiger partial charge in [-0.3, -0.25) is 0 Å². The standard InChI is InChI=1S/C11H22N2O2/c1-9(2)7-13(11(14)15-3)8-10-5-4-6-12-10/h9-10,12H,4-8H2,1-3H3. The second kappa shape index (κ2) is 5.95. The fraction of sp³-hybridized carbons (Fsp3) is 0.909. The quantitative estimate of drug-likeness (QED) is 0.770. The third-order valence-corrected chi connectivity index (χ3v) is 2.62. The summed E-state index contributed by atoms with van der Waals surface area (Å²) in [5, 5.41) is 3.39. The third-order valence-electron chi connectivity index (χ3n) is 2.62. The summed E-state index contributed by atoms with van der Waals surface area (Å²) in [4.78, 5) is 13.3. The number of carbonyl (C=O) groups is 1. The van der Waals surface area contributed by atoms with Crippen LogP contribution in [0, 0.1) is 5.92 Å². The van der Waals surface area contributed by atoms with Crippen molar-refractivity contribution >= 4 is 6.09 Å². The van der Waals surface area contributed by atoms with E-state index in [1.165, 1.54) is 13.5 Å². The predicted molar refractivity (Wildman–Crippen MR) is 59.8 cm³/mol. The van der Waals surface area contributed by atoms with Gasteiger partial charge in [0.15, 0.2) is 0 Å². The third kappa shape index (κ3) is 4.08. The summed E-state index contributed by atoms with van der Waals surface area (Å²) in [7, 11) is 1.44. The minimum absolute atomic E-state index is 0.211. The van der Waals surface area contributed by atoms with Gasteiger partial charge in [-0.05, 0) is 25.3 Å². The van der Waals surface area contributed by atoms with Crippen molar-refractivity contribution in [2.75, 3.05) is 26.7 Å². The predicted octanol–water partition coefficient (Wildman–Crippen LogP) is 1.46. The topological polar surface area (TPSA) is 41.6 Å². The molecular formula is C11H22N2O2. The van der Waals surface area contributed by atoms with Crippen molar-refractivity contribution in [3.8, 4) is 0 Å². The van der Waals surface area contributed by atoms with Gasteiger partial charge in [-0.1, -0.05) is 13.8 Å². The van der Waals surface area contributed by atoms with Crippen LogP contribution in [0.5, 0.6) is 0 Å². The Morgan fingerprint density at radius 2 is 2.33 bits per heavy atom. The first-order valence-electron chi connectivity index (χ1n) is 5.69. The van der Waals surface area contributed by atoms with E-state index < -0.39 is 0 Å². The average molecular weight is 214 g/mol. The fourth-order valence-electron chi connectivity index (χ4n) is 1.97. The van der Waals surface area contributed by atoms with Crippen molar-refractivity contribution in [3.63, 3.8) is 0 Å². The van der Waals surface area contributed by atoms with E-state index >= 15 is 0 Å². The maximum absolute atomic E-state index is 11.5. The Bertz CT molecular complexity index is 201. The smallest absolute Gasteiger partial charge is 0.409 e. The number of hydrogen-bond acceptors (Lipinski definition) is 3. The molecule has 0 spiro atoms. The molecule has 1 fully saturated rings. The maximum Gasteiger partial charge on any atom is 0.409 e. The van der Waals surface area contributed by atoms with Gasteiger partial charge in [-0.15, -0.1) is 0 Å². The van der Waals surface area contributed by atoms with Crippen molar-refractivity contribution in [1.82, 2.24) is 10.2 Å². The largest absolute Gasteiger partial charge is 0.453 e. The van der Waals surface area contributed by atoms with E-state index in [1.807, 2.05) is 0 Å². The second-order valence-corrected chi connectivity index (χ2v) is 4.56. The maximum atomic E-state index is 11.5. The number of ether oxygens (including phenoxy) is 1. The van der Waals surface area contributed by atoms with E-state index in [4.69, 9.17) is 4.74 Å². The summed E-state index contributed by atoms with van der Waals surface area (Å²) in [6.07, 6.45) is 2.16. The molecule has 1 N–H and O–H groups in total. The van der Waals surface area contributed by atoms with Gasteiger partial charge in [0.2, 0.25) is 0 Å². The van der Waals surface area contributed by atoms with Gasteiger partial charge in [-0.2, -0.15) is 0 Å². The Balaban J connectivity index is 2.43. The highest BCUT2D eigenvalue weighted by atomic mass is 16.5. The highest BCUT2D eigenvalue weighted by molar-refractivity contribution is 5.67. The summed E-state index contributed by atoms with van der Waals surface area (Å²) >= 11 is 0. The van der Waals surface area contributed by atoms with Gasteiger partial charge < -0.3 is 15.0 Å². The van der Waals surface area contributed by atoms with Gasteiger partial charge >= 0.3 is 6.09 Å². The van der Waals surface area contributed by atoms with Crippen LogP contribution in [0.3, 0.4) is 0 Å². The molecule has 0 saturated carbocycles. The Labute approximate surface area is 92.0 Å². The lowest BCUT2D eigenvalue weighted by Gasteiger charge is -2.26. The molecule has 0 radical (unpaired) electrons. The number of nitrogens with one attached hydrogen (secondary N) is 1. The number of rotatable bonds is 4. The molecule has 4 heteroatoms. The summed E-state index contributed by atoms with van der Waals surface area (Å²) in [5.41, 5.74) is 0. The molecule has 1 unspecified atom stereocenters. The van der Waals surface area contributed by atoms with Crippen LogP contribution in [0.2, 0.25) is 0 Å². The van der Waals surface area contributed by atoms with E-state index in [9.17, 15) is 4.79 Å². The first-order valence-corrected chi connectivity index (χ1v) is 5.69. The van der Waals surface area contributed by atoms with Crippen LogP contribution in [0.25, 0.3) is 0 Å². The fourth-order valence-corrected chi connectivity index (χ4v) is 1.97. The number of nitrogens with zero attached hydrogens (tertiary/aromatic N) is 1. The van der Waals surface area contributed by atoms with Crippen LogP contribution >= 0.6 is 0 Å². The molecule has 0 aromatic carbocycles. The van der Waals surface area contributed by atoms with Crippen LogP contribution in [0.1, 0.15) is 26.7 Å². The zero-order valence-corrected chi connectivity index (χ0v) is 9.95. The molecule has 0 aromatic heterocycles. The Morgan fingerprint density at radius 3 is 2.80 bits per heavy atom. The summed E-state index contributed by atoms with van der Waals surface area (Å²) in [6, 6.07) is 0.447. The molecule has 15 heavy (non-hydrogen) atoms. The normalized spacial score (nSPS) is 20.7. The molecule has 1 heterocycles. The second-order valence-electron chi connectivity index (χ2n) is 4.56. The summed E-state index contributed by atoms with van der Waals surface area (Å²) in [6.45, 7) is 6.83. The number of amides is 1. The van der Waals surface area contributed by atoms with Crippen LogP contribution in [-0.4, -0.2) is 43.8 Å². The van der Waals surface area contributed by atoms with Crippen molar-refractivity contribution in [2.24, 2.45) is 5.92 Å². The lowest BCUT2D eigenvalue weighted by atomic mass is 10.1. The lowest BCUT2D eigenvalue weighted by molar-refractivity contribution is 0.114. The molecule has 0 aromatic rings. The minimum Gasteiger partial charge on any atom is -0.453 e. The Kier molecular flexibility index (Phi) is 4.88. The van der Waals surface area contributed by atoms with E-state index in [-0.39, 0.29) is 6.09 Å². The molecule has 1 atom stereocenters. The zero-order valence-electron chi connectivity index (χ0n) is 9.95. The highest BCUT2D eigenvalue weighted by Crippen LogP contribution is 2.09. The molecule has 1 aliphatic heterocycles. The highest BCUT2D eigenvalue weighted by Gasteiger charge is 2.22. The molecule has 1 amide bonds. The van der Waals surface area contributed by atoms with E-state index in [2.05, 4.69) is 19.2 Å². The van der Waals surface area contributed by atoms with Crippen LogP contribution < -0.4 is 5.32 Å². The van der Waals surface area contributed by atoms with Crippen molar-refractivity contribution in [2.45, 2.75) is 32.7 Å². The summed E-state index contributed by atoms with van der Waals surface area (Å²) in [5.74, 6) is 0.477. The van der Waals surface area contributed by atoms with E-state index in [1.54, 1.807) is 4.90 Å². The first-order chi connectivity index (χ1) is 7.13. The van der Waals surface area contributed by atoms with Crippen LogP contribution in [0.4, 0.5) is 4.79 Å².